The molecule has 0 N–H and O–H groups in total. The van der Waals surface area contributed by atoms with E-state index in [0.29, 0.717) is 42.7 Å². The van der Waals surface area contributed by atoms with Gasteiger partial charge in [-0.2, -0.15) is 0 Å². The number of amides is 1. The van der Waals surface area contributed by atoms with Crippen molar-refractivity contribution in [1.29, 1.82) is 0 Å². The zero-order chi connectivity index (χ0) is 17.4. The van der Waals surface area contributed by atoms with E-state index in [9.17, 15) is 13.6 Å². The predicted octanol–water partition coefficient (Wildman–Crippen LogP) is 3.83. The van der Waals surface area contributed by atoms with Crippen molar-refractivity contribution in [1.82, 2.24) is 15.0 Å². The van der Waals surface area contributed by atoms with Crippen LogP contribution < -0.4 is 0 Å². The summed E-state index contributed by atoms with van der Waals surface area (Å²) in [6.45, 7) is 6.65. The molecule has 1 fully saturated rings. The number of aromatic nitrogens is 2. The molecule has 0 atom stereocenters. The van der Waals surface area contributed by atoms with Gasteiger partial charge in [-0.1, -0.05) is 19.0 Å². The lowest BCUT2D eigenvalue weighted by atomic mass is 9.91. The van der Waals surface area contributed by atoms with Crippen LogP contribution in [0.15, 0.2) is 10.6 Å². The second kappa shape index (κ2) is 6.45. The number of aryl methyl sites for hydroxylation is 1. The minimum Gasteiger partial charge on any atom is -0.342 e. The Labute approximate surface area is 139 Å². The third kappa shape index (κ3) is 2.99. The van der Waals surface area contributed by atoms with E-state index in [-0.39, 0.29) is 29.0 Å². The van der Waals surface area contributed by atoms with Crippen molar-refractivity contribution in [2.75, 3.05) is 13.1 Å². The molecule has 0 bridgehead atoms. The quantitative estimate of drug-likeness (QED) is 0.854. The molecule has 130 valence electrons. The Hall–Kier alpha value is -2.05. The van der Waals surface area contributed by atoms with E-state index < -0.39 is 6.43 Å². The lowest BCUT2D eigenvalue weighted by Crippen LogP contribution is -2.40. The smallest absolute Gasteiger partial charge is 0.264 e. The largest absolute Gasteiger partial charge is 0.342 e. The Morgan fingerprint density at radius 1 is 1.33 bits per heavy atom. The summed E-state index contributed by atoms with van der Waals surface area (Å²) in [7, 11) is 0. The number of carbonyl (C=O) groups excluding carboxylic acids is 1. The zero-order valence-corrected chi connectivity index (χ0v) is 14.1. The highest BCUT2D eigenvalue weighted by Crippen LogP contribution is 2.34. The van der Waals surface area contributed by atoms with Gasteiger partial charge < -0.3 is 9.42 Å². The molecule has 3 rings (SSSR count). The molecule has 0 aromatic carbocycles. The van der Waals surface area contributed by atoms with Gasteiger partial charge in [0.2, 0.25) is 5.91 Å². The van der Waals surface area contributed by atoms with E-state index in [1.165, 1.54) is 6.07 Å². The van der Waals surface area contributed by atoms with E-state index in [1.807, 2.05) is 18.7 Å². The molecule has 7 heteroatoms. The average molecular weight is 337 g/mol. The van der Waals surface area contributed by atoms with Gasteiger partial charge >= 0.3 is 0 Å². The summed E-state index contributed by atoms with van der Waals surface area (Å²) in [5.74, 6) is 0.156. The van der Waals surface area contributed by atoms with Gasteiger partial charge in [0.05, 0.1) is 11.1 Å². The van der Waals surface area contributed by atoms with Crippen molar-refractivity contribution >= 4 is 17.0 Å². The molecule has 0 unspecified atom stereocenters. The van der Waals surface area contributed by atoms with Crippen molar-refractivity contribution in [3.8, 4) is 0 Å². The highest BCUT2D eigenvalue weighted by Gasteiger charge is 2.28. The van der Waals surface area contributed by atoms with Crippen LogP contribution in [0.5, 0.6) is 0 Å². The normalized spacial score (nSPS) is 16.5. The molecule has 2 aromatic rings. The number of rotatable bonds is 3. The number of hydrogen-bond donors (Lipinski definition) is 0. The summed E-state index contributed by atoms with van der Waals surface area (Å²) in [5, 5.41) is 4.06. The van der Waals surface area contributed by atoms with Crippen LogP contribution in [0.1, 0.15) is 56.0 Å². The van der Waals surface area contributed by atoms with Crippen molar-refractivity contribution in [3.05, 3.63) is 23.0 Å². The predicted molar refractivity (Wildman–Crippen MR) is 84.9 cm³/mol. The maximum atomic E-state index is 13.4. The molecule has 0 radical (unpaired) electrons. The Morgan fingerprint density at radius 3 is 2.58 bits per heavy atom. The number of piperidine rings is 1. The van der Waals surface area contributed by atoms with Crippen LogP contribution in [0.3, 0.4) is 0 Å². The first kappa shape index (κ1) is 16.8. The highest BCUT2D eigenvalue weighted by atomic mass is 19.3. The van der Waals surface area contributed by atoms with Gasteiger partial charge in [-0.15, -0.1) is 0 Å². The van der Waals surface area contributed by atoms with Gasteiger partial charge in [0.25, 0.3) is 12.1 Å². The van der Waals surface area contributed by atoms with Gasteiger partial charge in [0.15, 0.2) is 0 Å². The summed E-state index contributed by atoms with van der Waals surface area (Å²) in [4.78, 5) is 18.3. The zero-order valence-electron chi connectivity index (χ0n) is 14.1. The Bertz CT molecular complexity index is 750. The molecule has 5 nitrogen and oxygen atoms in total. The van der Waals surface area contributed by atoms with Crippen LogP contribution in [0.25, 0.3) is 11.1 Å². The second-order valence-electron chi connectivity index (χ2n) is 6.64. The molecule has 0 spiro atoms. The van der Waals surface area contributed by atoms with E-state index in [2.05, 4.69) is 10.1 Å². The Balaban J connectivity index is 1.85. The standard InChI is InChI=1S/C17H21F2N3O2/c1-9(2)17(23)22-6-4-11(5-7-22)13-8-12(15(18)19)14-10(3)21-24-16(14)20-13/h8-9,11,15H,4-7H2,1-3H3. The molecule has 1 saturated heterocycles. The molecule has 0 aliphatic carbocycles. The average Bonchev–Trinajstić information content (AvgIpc) is 2.94. The fourth-order valence-electron chi connectivity index (χ4n) is 3.29. The molecule has 2 aromatic heterocycles. The van der Waals surface area contributed by atoms with Crippen molar-refractivity contribution in [3.63, 3.8) is 0 Å². The van der Waals surface area contributed by atoms with Crippen molar-refractivity contribution < 1.29 is 18.1 Å². The Kier molecular flexibility index (Phi) is 4.51. The summed E-state index contributed by atoms with van der Waals surface area (Å²) in [6.07, 6.45) is -1.17. The molecular formula is C17H21F2N3O2. The first-order valence-electron chi connectivity index (χ1n) is 8.22. The van der Waals surface area contributed by atoms with Gasteiger partial charge in [0, 0.05) is 36.2 Å². The molecule has 1 amide bonds. The van der Waals surface area contributed by atoms with E-state index >= 15 is 0 Å². The van der Waals surface area contributed by atoms with E-state index in [4.69, 9.17) is 4.52 Å². The highest BCUT2D eigenvalue weighted by molar-refractivity contribution is 5.80. The fraction of sp³-hybridized carbons (Fsp3) is 0.588. The third-order valence-corrected chi connectivity index (χ3v) is 4.62. The van der Waals surface area contributed by atoms with Crippen LogP contribution in [0.2, 0.25) is 0 Å². The number of nitrogens with zero attached hydrogens (tertiary/aromatic N) is 3. The van der Waals surface area contributed by atoms with Crippen LogP contribution in [-0.4, -0.2) is 34.0 Å². The van der Waals surface area contributed by atoms with Crippen LogP contribution in [-0.2, 0) is 4.79 Å². The lowest BCUT2D eigenvalue weighted by Gasteiger charge is -2.33. The molecule has 3 heterocycles. The van der Waals surface area contributed by atoms with E-state index in [0.717, 1.165) is 0 Å². The SMILES string of the molecule is Cc1noc2nc(C3CCN(C(=O)C(C)C)CC3)cc(C(F)F)c12. The lowest BCUT2D eigenvalue weighted by molar-refractivity contribution is -0.135. The van der Waals surface area contributed by atoms with Gasteiger partial charge in [-0.3, -0.25) is 4.79 Å². The van der Waals surface area contributed by atoms with Gasteiger partial charge in [-0.25, -0.2) is 13.8 Å². The molecule has 0 saturated carbocycles. The van der Waals surface area contributed by atoms with E-state index in [1.54, 1.807) is 6.92 Å². The summed E-state index contributed by atoms with van der Waals surface area (Å²) in [6, 6.07) is 1.47. The summed E-state index contributed by atoms with van der Waals surface area (Å²) in [5.41, 5.74) is 1.12. The minimum atomic E-state index is -2.60. The summed E-state index contributed by atoms with van der Waals surface area (Å²) < 4.78 is 31.9. The summed E-state index contributed by atoms with van der Waals surface area (Å²) >= 11 is 0. The number of likely N-dealkylation sites (tertiary alicyclic amines) is 1. The molecule has 1 aliphatic rings. The number of halogens is 2. The second-order valence-corrected chi connectivity index (χ2v) is 6.64. The van der Waals surface area contributed by atoms with Crippen molar-refractivity contribution in [2.24, 2.45) is 5.92 Å². The molecule has 1 aliphatic heterocycles. The molecular weight excluding hydrogens is 316 g/mol. The van der Waals surface area contributed by atoms with Gasteiger partial charge in [0.1, 0.15) is 0 Å². The number of alkyl halides is 2. The number of fused-ring (bicyclic) bond motifs is 1. The third-order valence-electron chi connectivity index (χ3n) is 4.62. The topological polar surface area (TPSA) is 59.2 Å². The Morgan fingerprint density at radius 2 is 2.00 bits per heavy atom. The van der Waals surface area contributed by atoms with Crippen LogP contribution >= 0.6 is 0 Å². The number of carbonyl (C=O) groups is 1. The number of pyridine rings is 1. The number of hydrogen-bond acceptors (Lipinski definition) is 4. The first-order chi connectivity index (χ1) is 11.4. The first-order valence-corrected chi connectivity index (χ1v) is 8.22. The maximum absolute atomic E-state index is 13.4. The van der Waals surface area contributed by atoms with Crippen LogP contribution in [0, 0.1) is 12.8 Å². The molecule has 24 heavy (non-hydrogen) atoms. The minimum absolute atomic E-state index is 0.0290. The fourth-order valence-corrected chi connectivity index (χ4v) is 3.29. The monoisotopic (exact) mass is 337 g/mol. The maximum Gasteiger partial charge on any atom is 0.264 e. The van der Waals surface area contributed by atoms with Gasteiger partial charge in [-0.05, 0) is 25.8 Å². The van der Waals surface area contributed by atoms with Crippen LogP contribution in [0.4, 0.5) is 8.78 Å². The van der Waals surface area contributed by atoms with Crippen molar-refractivity contribution in [2.45, 2.75) is 46.0 Å².